The maximum Gasteiger partial charge on any atom is 0.233 e. The molecule has 3 rings (SSSR count). The molecule has 126 valence electrons. The normalized spacial score (nSPS) is 21.3. The minimum atomic E-state index is -0.470. The van der Waals surface area contributed by atoms with Gasteiger partial charge in [0.2, 0.25) is 5.91 Å². The van der Waals surface area contributed by atoms with Gasteiger partial charge in [-0.25, -0.2) is 4.39 Å². The fourth-order valence-corrected chi connectivity index (χ4v) is 3.90. The molecule has 1 heterocycles. The van der Waals surface area contributed by atoms with E-state index in [0.29, 0.717) is 5.92 Å². The summed E-state index contributed by atoms with van der Waals surface area (Å²) in [5, 5.41) is 0. The Morgan fingerprint density at radius 2 is 1.91 bits per heavy atom. The number of carbonyl (C=O) groups is 1. The number of benzene rings is 1. The number of nitrogens with zero attached hydrogens (tertiary/aromatic N) is 2. The van der Waals surface area contributed by atoms with E-state index in [4.69, 9.17) is 0 Å². The molecule has 0 radical (unpaired) electrons. The molecule has 2 fully saturated rings. The first-order valence-corrected chi connectivity index (χ1v) is 8.79. The monoisotopic (exact) mass is 318 g/mol. The smallest absolute Gasteiger partial charge is 0.233 e. The van der Waals surface area contributed by atoms with Crippen LogP contribution in [-0.4, -0.2) is 48.4 Å². The third-order valence-corrected chi connectivity index (χ3v) is 5.28. The van der Waals surface area contributed by atoms with E-state index in [1.54, 1.807) is 12.1 Å². The van der Waals surface area contributed by atoms with Crippen molar-refractivity contribution in [3.05, 3.63) is 35.6 Å². The van der Waals surface area contributed by atoms with Gasteiger partial charge in [0.15, 0.2) is 0 Å². The Kier molecular flexibility index (Phi) is 4.72. The molecule has 2 aliphatic rings. The van der Waals surface area contributed by atoms with Gasteiger partial charge in [-0.1, -0.05) is 32.4 Å². The minimum absolute atomic E-state index is 0.207. The summed E-state index contributed by atoms with van der Waals surface area (Å²) in [4.78, 5) is 17.6. The van der Waals surface area contributed by atoms with Crippen LogP contribution in [0.4, 0.5) is 4.39 Å². The molecule has 1 aromatic carbocycles. The topological polar surface area (TPSA) is 23.6 Å². The Morgan fingerprint density at radius 3 is 2.43 bits per heavy atom. The molecular weight excluding hydrogens is 291 g/mol. The van der Waals surface area contributed by atoms with Crippen molar-refractivity contribution in [3.63, 3.8) is 0 Å². The van der Waals surface area contributed by atoms with Crippen LogP contribution >= 0.6 is 0 Å². The third-order valence-electron chi connectivity index (χ3n) is 5.28. The Bertz CT molecular complexity index is 560. The van der Waals surface area contributed by atoms with Gasteiger partial charge in [0.1, 0.15) is 5.82 Å². The summed E-state index contributed by atoms with van der Waals surface area (Å²) in [6, 6.07) is 6.63. The zero-order chi connectivity index (χ0) is 16.4. The predicted molar refractivity (Wildman–Crippen MR) is 89.8 cm³/mol. The highest BCUT2D eigenvalue weighted by molar-refractivity contribution is 5.89. The van der Waals surface area contributed by atoms with E-state index in [0.717, 1.165) is 57.5 Å². The maximum absolute atomic E-state index is 13.6. The van der Waals surface area contributed by atoms with Crippen LogP contribution in [-0.2, 0) is 10.2 Å². The van der Waals surface area contributed by atoms with Gasteiger partial charge in [-0.15, -0.1) is 0 Å². The molecule has 0 unspecified atom stereocenters. The number of hydrogen-bond donors (Lipinski definition) is 0. The molecular formula is C19H27FN2O. The predicted octanol–water partition coefficient (Wildman–Crippen LogP) is 3.05. The summed E-state index contributed by atoms with van der Waals surface area (Å²) in [6.07, 6.45) is 2.75. The summed E-state index contributed by atoms with van der Waals surface area (Å²) in [5.74, 6) is 0.615. The van der Waals surface area contributed by atoms with Crippen LogP contribution in [0.1, 0.15) is 38.7 Å². The van der Waals surface area contributed by atoms with Crippen molar-refractivity contribution < 1.29 is 9.18 Å². The first kappa shape index (κ1) is 16.4. The molecule has 1 saturated carbocycles. The number of piperazine rings is 1. The SMILES string of the molecule is CC(C)CN1CCN(C(=O)C2(c3cccc(F)c3)CCC2)CC1. The van der Waals surface area contributed by atoms with Crippen molar-refractivity contribution in [2.45, 2.75) is 38.5 Å². The zero-order valence-electron chi connectivity index (χ0n) is 14.2. The van der Waals surface area contributed by atoms with Crippen LogP contribution in [0, 0.1) is 11.7 Å². The number of rotatable bonds is 4. The first-order valence-electron chi connectivity index (χ1n) is 8.79. The van der Waals surface area contributed by atoms with Crippen molar-refractivity contribution in [2.75, 3.05) is 32.7 Å². The van der Waals surface area contributed by atoms with Crippen LogP contribution < -0.4 is 0 Å². The fraction of sp³-hybridized carbons (Fsp3) is 0.632. The van der Waals surface area contributed by atoms with Gasteiger partial charge in [0.05, 0.1) is 5.41 Å². The Labute approximate surface area is 138 Å². The lowest BCUT2D eigenvalue weighted by Crippen LogP contribution is -2.57. The van der Waals surface area contributed by atoms with Gasteiger partial charge < -0.3 is 4.90 Å². The van der Waals surface area contributed by atoms with Gasteiger partial charge in [-0.05, 0) is 36.5 Å². The van der Waals surface area contributed by atoms with E-state index in [1.807, 2.05) is 11.0 Å². The molecule has 23 heavy (non-hydrogen) atoms. The molecule has 0 aromatic heterocycles. The highest BCUT2D eigenvalue weighted by Crippen LogP contribution is 2.45. The van der Waals surface area contributed by atoms with E-state index in [1.165, 1.54) is 6.07 Å². The zero-order valence-corrected chi connectivity index (χ0v) is 14.2. The van der Waals surface area contributed by atoms with Crippen molar-refractivity contribution in [1.29, 1.82) is 0 Å². The van der Waals surface area contributed by atoms with E-state index in [9.17, 15) is 9.18 Å². The summed E-state index contributed by atoms with van der Waals surface area (Å²) < 4.78 is 13.6. The largest absolute Gasteiger partial charge is 0.339 e. The minimum Gasteiger partial charge on any atom is -0.339 e. The summed E-state index contributed by atoms with van der Waals surface area (Å²) in [7, 11) is 0. The third kappa shape index (κ3) is 3.27. The van der Waals surface area contributed by atoms with Crippen LogP contribution in [0.3, 0.4) is 0 Å². The summed E-state index contributed by atoms with van der Waals surface area (Å²) >= 11 is 0. The molecule has 1 aliphatic carbocycles. The second-order valence-electron chi connectivity index (χ2n) is 7.43. The Morgan fingerprint density at radius 1 is 1.22 bits per heavy atom. The average Bonchev–Trinajstić information content (AvgIpc) is 2.46. The highest BCUT2D eigenvalue weighted by atomic mass is 19.1. The van der Waals surface area contributed by atoms with Gasteiger partial charge >= 0.3 is 0 Å². The van der Waals surface area contributed by atoms with Crippen LogP contribution in [0.15, 0.2) is 24.3 Å². The van der Waals surface area contributed by atoms with Gasteiger partial charge in [0, 0.05) is 32.7 Å². The molecule has 4 heteroatoms. The van der Waals surface area contributed by atoms with E-state index < -0.39 is 5.41 Å². The Hall–Kier alpha value is -1.42. The van der Waals surface area contributed by atoms with Crippen molar-refractivity contribution in [3.8, 4) is 0 Å². The molecule has 0 N–H and O–H groups in total. The van der Waals surface area contributed by atoms with Crippen molar-refractivity contribution in [1.82, 2.24) is 9.80 Å². The molecule has 0 atom stereocenters. The van der Waals surface area contributed by atoms with E-state index >= 15 is 0 Å². The fourth-order valence-electron chi connectivity index (χ4n) is 3.90. The van der Waals surface area contributed by atoms with E-state index in [-0.39, 0.29) is 11.7 Å². The lowest BCUT2D eigenvalue weighted by Gasteiger charge is -2.46. The standard InChI is InChI=1S/C19H27FN2O/c1-15(2)14-21-9-11-22(12-10-21)18(23)19(7-4-8-19)16-5-3-6-17(20)13-16/h3,5-6,13,15H,4,7-12,14H2,1-2H3. The van der Waals surface area contributed by atoms with Crippen LogP contribution in [0.5, 0.6) is 0 Å². The number of hydrogen-bond acceptors (Lipinski definition) is 2. The molecule has 1 aliphatic heterocycles. The number of carbonyl (C=O) groups excluding carboxylic acids is 1. The maximum atomic E-state index is 13.6. The molecule has 0 bridgehead atoms. The van der Waals surface area contributed by atoms with Gasteiger partial charge in [0.25, 0.3) is 0 Å². The van der Waals surface area contributed by atoms with Crippen molar-refractivity contribution >= 4 is 5.91 Å². The van der Waals surface area contributed by atoms with Gasteiger partial charge in [-0.2, -0.15) is 0 Å². The second-order valence-corrected chi connectivity index (χ2v) is 7.43. The lowest BCUT2D eigenvalue weighted by atomic mass is 9.63. The van der Waals surface area contributed by atoms with Crippen LogP contribution in [0.2, 0.25) is 0 Å². The molecule has 0 spiro atoms. The van der Waals surface area contributed by atoms with Crippen LogP contribution in [0.25, 0.3) is 0 Å². The highest BCUT2D eigenvalue weighted by Gasteiger charge is 2.48. The molecule has 1 aromatic rings. The Balaban J connectivity index is 1.70. The summed E-state index contributed by atoms with van der Waals surface area (Å²) in [6.45, 7) is 9.03. The van der Waals surface area contributed by atoms with E-state index in [2.05, 4.69) is 18.7 Å². The average molecular weight is 318 g/mol. The number of halogens is 1. The number of amides is 1. The molecule has 3 nitrogen and oxygen atoms in total. The second kappa shape index (κ2) is 6.60. The first-order chi connectivity index (χ1) is 11.0. The van der Waals surface area contributed by atoms with Gasteiger partial charge in [-0.3, -0.25) is 9.69 Å². The lowest BCUT2D eigenvalue weighted by molar-refractivity contribution is -0.142. The molecule has 1 saturated heterocycles. The van der Waals surface area contributed by atoms with Crippen molar-refractivity contribution in [2.24, 2.45) is 5.92 Å². The summed E-state index contributed by atoms with van der Waals surface area (Å²) in [5.41, 5.74) is 0.390. The molecule has 1 amide bonds. The quantitative estimate of drug-likeness (QED) is 0.852.